The Morgan fingerprint density at radius 3 is 2.39 bits per heavy atom. The molecule has 0 N–H and O–H groups in total. The van der Waals surface area contributed by atoms with Crippen LogP contribution in [0.4, 0.5) is 4.39 Å². The number of nitrogens with zero attached hydrogens (tertiary/aromatic N) is 3. The zero-order chi connectivity index (χ0) is 19.5. The number of rotatable bonds is 5. The van der Waals surface area contributed by atoms with E-state index in [9.17, 15) is 4.39 Å². The molecule has 0 spiro atoms. The maximum absolute atomic E-state index is 14.5. The van der Waals surface area contributed by atoms with E-state index in [2.05, 4.69) is 41.4 Å². The lowest BCUT2D eigenvalue weighted by molar-refractivity contribution is 0.629. The molecule has 3 nitrogen and oxygen atoms in total. The van der Waals surface area contributed by atoms with Gasteiger partial charge in [-0.25, -0.2) is 4.39 Å². The summed E-state index contributed by atoms with van der Waals surface area (Å²) in [6, 6.07) is 23.2. The lowest BCUT2D eigenvalue weighted by Crippen LogP contribution is -2.01. The van der Waals surface area contributed by atoms with Gasteiger partial charge in [0.05, 0.1) is 5.56 Å². The number of benzene rings is 3. The first-order valence-electron chi connectivity index (χ1n) is 9.07. The van der Waals surface area contributed by atoms with E-state index in [0.717, 1.165) is 16.6 Å². The van der Waals surface area contributed by atoms with Gasteiger partial charge in [-0.1, -0.05) is 71.4 Å². The fourth-order valence-corrected chi connectivity index (χ4v) is 3.95. The molecular weight excluding hydrogens is 369 g/mol. The highest BCUT2D eigenvalue weighted by atomic mass is 32.2. The second kappa shape index (κ2) is 7.98. The van der Waals surface area contributed by atoms with Crippen LogP contribution in [-0.2, 0) is 5.75 Å². The van der Waals surface area contributed by atoms with Crippen molar-refractivity contribution in [3.05, 3.63) is 95.3 Å². The van der Waals surface area contributed by atoms with E-state index in [4.69, 9.17) is 0 Å². The second-order valence-corrected chi connectivity index (χ2v) is 7.68. The Bertz CT molecular complexity index is 1100. The zero-order valence-corrected chi connectivity index (χ0v) is 16.6. The first kappa shape index (κ1) is 18.4. The average Bonchev–Trinajstić information content (AvgIpc) is 3.11. The molecule has 1 aromatic heterocycles. The molecule has 0 fully saturated rings. The van der Waals surface area contributed by atoms with Crippen LogP contribution in [0.2, 0.25) is 0 Å². The largest absolute Gasteiger partial charge is 0.270 e. The van der Waals surface area contributed by atoms with E-state index in [1.54, 1.807) is 23.9 Å². The molecule has 140 valence electrons. The van der Waals surface area contributed by atoms with Crippen LogP contribution in [0, 0.1) is 19.7 Å². The molecule has 3 aromatic carbocycles. The van der Waals surface area contributed by atoms with E-state index >= 15 is 0 Å². The minimum absolute atomic E-state index is 0.307. The fraction of sp³-hybridized carbons (Fsp3) is 0.130. The van der Waals surface area contributed by atoms with E-state index in [1.165, 1.54) is 22.8 Å². The van der Waals surface area contributed by atoms with Crippen LogP contribution >= 0.6 is 11.8 Å². The molecule has 5 heteroatoms. The van der Waals surface area contributed by atoms with Crippen LogP contribution in [0.15, 0.2) is 78.0 Å². The van der Waals surface area contributed by atoms with E-state index in [1.807, 2.05) is 41.8 Å². The number of aryl methyl sites for hydroxylation is 2. The van der Waals surface area contributed by atoms with Crippen molar-refractivity contribution < 1.29 is 4.39 Å². The molecule has 4 rings (SSSR count). The van der Waals surface area contributed by atoms with E-state index in [0.29, 0.717) is 11.4 Å². The predicted molar refractivity (Wildman–Crippen MR) is 112 cm³/mol. The lowest BCUT2D eigenvalue weighted by atomic mass is 10.2. The van der Waals surface area contributed by atoms with Gasteiger partial charge in [0.15, 0.2) is 11.0 Å². The molecule has 0 unspecified atom stereocenters. The van der Waals surface area contributed by atoms with Gasteiger partial charge >= 0.3 is 0 Å². The molecule has 0 radical (unpaired) electrons. The summed E-state index contributed by atoms with van der Waals surface area (Å²) >= 11 is 1.60. The molecule has 0 atom stereocenters. The van der Waals surface area contributed by atoms with Crippen molar-refractivity contribution in [2.24, 2.45) is 0 Å². The number of halogens is 1. The molecule has 0 saturated heterocycles. The molecule has 1 heterocycles. The maximum Gasteiger partial charge on any atom is 0.196 e. The molecular formula is C23H20FN3S. The van der Waals surface area contributed by atoms with Gasteiger partial charge in [0.1, 0.15) is 5.82 Å². The molecule has 0 saturated carbocycles. The van der Waals surface area contributed by atoms with Gasteiger partial charge in [0.25, 0.3) is 0 Å². The van der Waals surface area contributed by atoms with Crippen molar-refractivity contribution in [1.29, 1.82) is 0 Å². The molecule has 0 aliphatic carbocycles. The van der Waals surface area contributed by atoms with Gasteiger partial charge < -0.3 is 0 Å². The third-order valence-electron chi connectivity index (χ3n) is 4.49. The summed E-state index contributed by atoms with van der Waals surface area (Å²) in [4.78, 5) is 0. The highest BCUT2D eigenvalue weighted by molar-refractivity contribution is 7.98. The van der Waals surface area contributed by atoms with E-state index in [-0.39, 0.29) is 5.82 Å². The molecule has 0 amide bonds. The Morgan fingerprint density at radius 1 is 0.857 bits per heavy atom. The zero-order valence-electron chi connectivity index (χ0n) is 15.8. The number of hydrogen-bond donors (Lipinski definition) is 0. The lowest BCUT2D eigenvalue weighted by Gasteiger charge is -2.11. The minimum atomic E-state index is -0.307. The predicted octanol–water partition coefficient (Wildman–Crippen LogP) is 5.98. The van der Waals surface area contributed by atoms with Gasteiger partial charge in [-0.2, -0.15) is 0 Å². The van der Waals surface area contributed by atoms with Gasteiger partial charge in [-0.3, -0.25) is 4.57 Å². The standard InChI is InChI=1S/C23H20FN3S/c1-16-10-12-19(13-11-16)27-22(20-8-3-4-9-21(20)24)25-26-23(27)28-15-18-7-5-6-17(2)14-18/h3-14H,15H2,1-2H3. The highest BCUT2D eigenvalue weighted by Gasteiger charge is 2.18. The molecule has 0 aliphatic heterocycles. The molecule has 4 aromatic rings. The summed E-state index contributed by atoms with van der Waals surface area (Å²) in [5.41, 5.74) is 4.97. The van der Waals surface area contributed by atoms with Gasteiger partial charge in [-0.05, 0) is 43.7 Å². The van der Waals surface area contributed by atoms with Crippen LogP contribution in [0.25, 0.3) is 17.1 Å². The summed E-state index contributed by atoms with van der Waals surface area (Å²) in [6.45, 7) is 4.13. The number of aromatic nitrogens is 3. The normalized spacial score (nSPS) is 11.0. The average molecular weight is 389 g/mol. The smallest absolute Gasteiger partial charge is 0.196 e. The van der Waals surface area contributed by atoms with Crippen molar-refractivity contribution in [3.63, 3.8) is 0 Å². The summed E-state index contributed by atoms with van der Waals surface area (Å²) in [6.07, 6.45) is 0. The molecule has 0 bridgehead atoms. The van der Waals surface area contributed by atoms with Crippen molar-refractivity contribution in [3.8, 4) is 17.1 Å². The maximum atomic E-state index is 14.5. The van der Waals surface area contributed by atoms with Crippen LogP contribution < -0.4 is 0 Å². The van der Waals surface area contributed by atoms with Gasteiger partial charge in [0, 0.05) is 11.4 Å². The van der Waals surface area contributed by atoms with Crippen LogP contribution in [-0.4, -0.2) is 14.8 Å². The highest BCUT2D eigenvalue weighted by Crippen LogP contribution is 2.31. The fourth-order valence-electron chi connectivity index (χ4n) is 3.06. The summed E-state index contributed by atoms with van der Waals surface area (Å²) < 4.78 is 16.4. The molecule has 0 aliphatic rings. The second-order valence-electron chi connectivity index (χ2n) is 6.73. The third-order valence-corrected chi connectivity index (χ3v) is 5.49. The van der Waals surface area contributed by atoms with Crippen molar-refractivity contribution >= 4 is 11.8 Å². The van der Waals surface area contributed by atoms with Gasteiger partial charge in [0.2, 0.25) is 0 Å². The minimum Gasteiger partial charge on any atom is -0.270 e. The van der Waals surface area contributed by atoms with Crippen LogP contribution in [0.1, 0.15) is 16.7 Å². The Morgan fingerprint density at radius 2 is 1.64 bits per heavy atom. The van der Waals surface area contributed by atoms with Crippen molar-refractivity contribution in [2.75, 3.05) is 0 Å². The quantitative estimate of drug-likeness (QED) is 0.393. The molecule has 28 heavy (non-hydrogen) atoms. The monoisotopic (exact) mass is 389 g/mol. The Balaban J connectivity index is 1.76. The number of hydrogen-bond acceptors (Lipinski definition) is 3. The van der Waals surface area contributed by atoms with Crippen LogP contribution in [0.5, 0.6) is 0 Å². The third kappa shape index (κ3) is 3.85. The Hall–Kier alpha value is -2.92. The summed E-state index contributed by atoms with van der Waals surface area (Å²) in [5.74, 6) is 0.968. The van der Waals surface area contributed by atoms with E-state index < -0.39 is 0 Å². The topological polar surface area (TPSA) is 30.7 Å². The number of thioether (sulfide) groups is 1. The SMILES string of the molecule is Cc1ccc(-n2c(SCc3cccc(C)c3)nnc2-c2ccccc2F)cc1. The van der Waals surface area contributed by atoms with Crippen molar-refractivity contribution in [2.45, 2.75) is 24.8 Å². The van der Waals surface area contributed by atoms with Crippen molar-refractivity contribution in [1.82, 2.24) is 14.8 Å². The summed E-state index contributed by atoms with van der Waals surface area (Å²) in [7, 11) is 0. The van der Waals surface area contributed by atoms with Gasteiger partial charge in [-0.15, -0.1) is 10.2 Å². The first-order chi connectivity index (χ1) is 13.6. The summed E-state index contributed by atoms with van der Waals surface area (Å²) in [5, 5.41) is 9.45. The Labute approximate surface area is 168 Å². The Kier molecular flexibility index (Phi) is 5.26. The first-order valence-corrected chi connectivity index (χ1v) is 10.1. The van der Waals surface area contributed by atoms with Crippen LogP contribution in [0.3, 0.4) is 0 Å².